The minimum Gasteiger partial charge on any atom is -0.494 e. The molecule has 0 aromatic heterocycles. The van der Waals surface area contributed by atoms with Crippen molar-refractivity contribution < 1.29 is 22.7 Å². The van der Waals surface area contributed by atoms with Gasteiger partial charge in [-0.3, -0.25) is 13.9 Å². The maximum absolute atomic E-state index is 14.1. The number of halogens is 2. The zero-order valence-corrected chi connectivity index (χ0v) is 28.0. The van der Waals surface area contributed by atoms with Crippen LogP contribution in [-0.2, 0) is 26.2 Å². The number of carbonyl (C=O) groups is 2. The van der Waals surface area contributed by atoms with E-state index in [-0.39, 0.29) is 29.1 Å². The molecule has 0 spiro atoms. The first-order valence-electron chi connectivity index (χ1n) is 13.8. The molecule has 12 heteroatoms. The Morgan fingerprint density at radius 1 is 0.977 bits per heavy atom. The van der Waals surface area contributed by atoms with E-state index in [4.69, 9.17) is 27.9 Å². The number of thioether (sulfide) groups is 1. The predicted octanol–water partition coefficient (Wildman–Crippen LogP) is 6.64. The largest absolute Gasteiger partial charge is 0.494 e. The number of anilines is 1. The lowest BCUT2D eigenvalue weighted by Gasteiger charge is -2.32. The third kappa shape index (κ3) is 9.04. The monoisotopic (exact) mass is 665 g/mol. The van der Waals surface area contributed by atoms with E-state index in [1.165, 1.54) is 28.8 Å². The van der Waals surface area contributed by atoms with Crippen LogP contribution >= 0.6 is 35.0 Å². The number of carbonyl (C=O) groups excluding carboxylic acids is 2. The summed E-state index contributed by atoms with van der Waals surface area (Å²) in [6, 6.07) is 16.8. The quantitative estimate of drug-likeness (QED) is 0.194. The molecule has 2 amide bonds. The smallest absolute Gasteiger partial charge is 0.264 e. The number of sulfonamides is 1. The number of nitrogens with zero attached hydrogens (tertiary/aromatic N) is 2. The molecule has 0 fully saturated rings. The van der Waals surface area contributed by atoms with Gasteiger partial charge in [-0.25, -0.2) is 8.42 Å². The Labute approximate surface area is 268 Å². The van der Waals surface area contributed by atoms with Gasteiger partial charge in [0.25, 0.3) is 10.0 Å². The van der Waals surface area contributed by atoms with Crippen LogP contribution in [0.2, 0.25) is 10.0 Å². The molecule has 0 bridgehead atoms. The Kier molecular flexibility index (Phi) is 12.6. The standard InChI is InChI=1S/C31H37Cl2N3O5S2/c1-6-21(3)34-31(38)22(4)35(19-23-8-9-24(32)18-29(23)33)30(37)20-36(25-10-12-26(13-11-25)41-7-2)43(39,40)28-16-14-27(42-5)15-17-28/h8-18,21-22H,6-7,19-20H2,1-5H3,(H,34,38)/t21-,22-/m0/s1. The third-order valence-electron chi connectivity index (χ3n) is 6.89. The number of hydrogen-bond acceptors (Lipinski definition) is 6. The molecule has 0 saturated heterocycles. The van der Waals surface area contributed by atoms with Crippen molar-refractivity contribution in [3.63, 3.8) is 0 Å². The van der Waals surface area contributed by atoms with Crippen LogP contribution in [-0.4, -0.2) is 56.6 Å². The summed E-state index contributed by atoms with van der Waals surface area (Å²) in [5.41, 5.74) is 0.831. The molecule has 3 rings (SSSR count). The van der Waals surface area contributed by atoms with Crippen LogP contribution in [0.3, 0.4) is 0 Å². The van der Waals surface area contributed by atoms with Crippen molar-refractivity contribution >= 4 is 62.5 Å². The second-order valence-corrected chi connectivity index (χ2v) is 13.5. The van der Waals surface area contributed by atoms with E-state index in [2.05, 4.69) is 5.32 Å². The lowest BCUT2D eigenvalue weighted by molar-refractivity contribution is -0.139. The summed E-state index contributed by atoms with van der Waals surface area (Å²) in [5.74, 6) is -0.388. The minimum atomic E-state index is -4.20. The van der Waals surface area contributed by atoms with Crippen molar-refractivity contribution in [2.45, 2.75) is 62.5 Å². The Morgan fingerprint density at radius 3 is 2.19 bits per heavy atom. The van der Waals surface area contributed by atoms with Gasteiger partial charge in [0.2, 0.25) is 11.8 Å². The molecule has 0 saturated carbocycles. The molecule has 8 nitrogen and oxygen atoms in total. The second-order valence-electron chi connectivity index (χ2n) is 9.87. The van der Waals surface area contributed by atoms with Crippen LogP contribution in [0, 0.1) is 0 Å². The van der Waals surface area contributed by atoms with Crippen LogP contribution in [0.4, 0.5) is 5.69 Å². The molecule has 0 heterocycles. The molecule has 0 radical (unpaired) electrons. The van der Waals surface area contributed by atoms with Crippen molar-refractivity contribution in [1.82, 2.24) is 10.2 Å². The number of nitrogens with one attached hydrogen (secondary N) is 1. The van der Waals surface area contributed by atoms with Gasteiger partial charge in [0, 0.05) is 27.5 Å². The first-order chi connectivity index (χ1) is 20.4. The molecular formula is C31H37Cl2N3O5S2. The third-order valence-corrected chi connectivity index (χ3v) is 10.0. The molecule has 3 aromatic carbocycles. The average Bonchev–Trinajstić information content (AvgIpc) is 2.99. The number of amides is 2. The summed E-state index contributed by atoms with van der Waals surface area (Å²) in [7, 11) is -4.20. The topological polar surface area (TPSA) is 96.0 Å². The highest BCUT2D eigenvalue weighted by atomic mass is 35.5. The van der Waals surface area contributed by atoms with Gasteiger partial charge in [-0.1, -0.05) is 36.2 Å². The molecule has 0 unspecified atom stereocenters. The van der Waals surface area contributed by atoms with Crippen LogP contribution in [0.25, 0.3) is 0 Å². The predicted molar refractivity (Wildman–Crippen MR) is 175 cm³/mol. The summed E-state index contributed by atoms with van der Waals surface area (Å²) in [5, 5.41) is 3.66. The van der Waals surface area contributed by atoms with E-state index >= 15 is 0 Å². The summed E-state index contributed by atoms with van der Waals surface area (Å²) >= 11 is 14.0. The number of rotatable bonds is 14. The first kappa shape index (κ1) is 34.6. The molecular weight excluding hydrogens is 629 g/mol. The average molecular weight is 667 g/mol. The second kappa shape index (κ2) is 15.7. The number of ether oxygens (including phenoxy) is 1. The molecule has 232 valence electrons. The van der Waals surface area contributed by atoms with Crippen LogP contribution in [0.5, 0.6) is 5.75 Å². The zero-order chi connectivity index (χ0) is 31.7. The van der Waals surface area contributed by atoms with Crippen molar-refractivity contribution in [2.24, 2.45) is 0 Å². The van der Waals surface area contributed by atoms with Gasteiger partial charge in [-0.15, -0.1) is 11.8 Å². The van der Waals surface area contributed by atoms with Gasteiger partial charge >= 0.3 is 0 Å². The molecule has 0 aliphatic rings. The van der Waals surface area contributed by atoms with Crippen molar-refractivity contribution in [3.05, 3.63) is 82.3 Å². The maximum atomic E-state index is 14.1. The van der Waals surface area contributed by atoms with E-state index in [1.807, 2.05) is 27.0 Å². The van der Waals surface area contributed by atoms with Gasteiger partial charge in [0.15, 0.2) is 0 Å². The molecule has 0 aliphatic carbocycles. The summed E-state index contributed by atoms with van der Waals surface area (Å²) in [6.45, 7) is 7.11. The summed E-state index contributed by atoms with van der Waals surface area (Å²) in [6.07, 6.45) is 2.60. The Morgan fingerprint density at radius 2 is 1.63 bits per heavy atom. The molecule has 1 N–H and O–H groups in total. The fourth-order valence-electron chi connectivity index (χ4n) is 4.16. The molecule has 0 aliphatic heterocycles. The van der Waals surface area contributed by atoms with Gasteiger partial charge < -0.3 is 15.0 Å². The van der Waals surface area contributed by atoms with Crippen molar-refractivity contribution in [1.29, 1.82) is 0 Å². The van der Waals surface area contributed by atoms with E-state index < -0.39 is 28.5 Å². The van der Waals surface area contributed by atoms with Gasteiger partial charge in [-0.2, -0.15) is 0 Å². The van der Waals surface area contributed by atoms with Crippen LogP contribution < -0.4 is 14.4 Å². The summed E-state index contributed by atoms with van der Waals surface area (Å²) < 4.78 is 34.7. The van der Waals surface area contributed by atoms with Crippen LogP contribution in [0.15, 0.2) is 76.5 Å². The van der Waals surface area contributed by atoms with E-state index in [0.29, 0.717) is 34.4 Å². The van der Waals surface area contributed by atoms with Crippen LogP contribution in [0.1, 0.15) is 39.7 Å². The maximum Gasteiger partial charge on any atom is 0.264 e. The lowest BCUT2D eigenvalue weighted by atomic mass is 10.1. The molecule has 3 aromatic rings. The van der Waals surface area contributed by atoms with Gasteiger partial charge in [0.1, 0.15) is 18.3 Å². The Balaban J connectivity index is 2.06. The normalized spacial score (nSPS) is 12.7. The van der Waals surface area contributed by atoms with Crippen molar-refractivity contribution in [2.75, 3.05) is 23.7 Å². The molecule has 43 heavy (non-hydrogen) atoms. The highest BCUT2D eigenvalue weighted by Crippen LogP contribution is 2.29. The Hall–Kier alpha value is -2.92. The Bertz CT molecular complexity index is 1500. The first-order valence-corrected chi connectivity index (χ1v) is 17.3. The molecule has 2 atom stereocenters. The van der Waals surface area contributed by atoms with Crippen molar-refractivity contribution in [3.8, 4) is 5.75 Å². The lowest BCUT2D eigenvalue weighted by Crippen LogP contribution is -2.52. The zero-order valence-electron chi connectivity index (χ0n) is 24.8. The summed E-state index contributed by atoms with van der Waals surface area (Å²) in [4.78, 5) is 29.6. The van der Waals surface area contributed by atoms with Gasteiger partial charge in [-0.05, 0) is 99.7 Å². The van der Waals surface area contributed by atoms with E-state index in [1.54, 1.807) is 61.5 Å². The SMILES string of the molecule is CCOc1ccc(N(CC(=O)N(Cc2ccc(Cl)cc2Cl)[C@@H](C)C(=O)N[C@@H](C)CC)S(=O)(=O)c2ccc(SC)cc2)cc1. The highest BCUT2D eigenvalue weighted by Gasteiger charge is 2.33. The van der Waals surface area contributed by atoms with E-state index in [0.717, 1.165) is 9.20 Å². The number of benzene rings is 3. The van der Waals surface area contributed by atoms with Gasteiger partial charge in [0.05, 0.1) is 17.2 Å². The number of hydrogen-bond donors (Lipinski definition) is 1. The van der Waals surface area contributed by atoms with E-state index in [9.17, 15) is 18.0 Å². The highest BCUT2D eigenvalue weighted by molar-refractivity contribution is 7.98. The fraction of sp³-hybridized carbons (Fsp3) is 0.355. The fourth-order valence-corrected chi connectivity index (χ4v) is 6.45. The minimum absolute atomic E-state index is 0.0295.